The molecule has 0 bridgehead atoms. The van der Waals surface area contributed by atoms with Crippen molar-refractivity contribution in [3.8, 4) is 5.75 Å². The van der Waals surface area contributed by atoms with Crippen LogP contribution in [0.2, 0.25) is 0 Å². The number of carbonyl (C=O) groups excluding carboxylic acids is 2. The van der Waals surface area contributed by atoms with Crippen LogP contribution < -0.4 is 15.4 Å². The van der Waals surface area contributed by atoms with Gasteiger partial charge in [0.1, 0.15) is 11.0 Å². The topological polar surface area (TPSA) is 129 Å². The van der Waals surface area contributed by atoms with Gasteiger partial charge in [0.2, 0.25) is 5.91 Å². The second kappa shape index (κ2) is 12.2. The molecule has 0 aliphatic carbocycles. The molecule has 2 aromatic rings. The number of carboxylic acid groups (broad SMARTS) is 1. The van der Waals surface area contributed by atoms with Crippen molar-refractivity contribution in [1.29, 1.82) is 0 Å². The third kappa shape index (κ3) is 8.03. The lowest BCUT2D eigenvalue weighted by Gasteiger charge is -2.10. The Hall–Kier alpha value is -3.18. The van der Waals surface area contributed by atoms with Gasteiger partial charge in [-0.05, 0) is 30.2 Å². The molecule has 11 heteroatoms. The quantitative estimate of drug-likeness (QED) is 0.318. The van der Waals surface area contributed by atoms with Gasteiger partial charge in [0.05, 0.1) is 12.6 Å². The molecule has 2 amide bonds. The zero-order chi connectivity index (χ0) is 23.6. The van der Waals surface area contributed by atoms with E-state index in [0.29, 0.717) is 17.9 Å². The smallest absolute Gasteiger partial charge is 0.305 e. The van der Waals surface area contributed by atoms with Crippen molar-refractivity contribution in [1.82, 2.24) is 10.6 Å². The van der Waals surface area contributed by atoms with Crippen molar-refractivity contribution < 1.29 is 24.2 Å². The highest BCUT2D eigenvalue weighted by Gasteiger charge is 2.32. The zero-order valence-corrected chi connectivity index (χ0v) is 19.8. The maximum Gasteiger partial charge on any atom is 0.305 e. The number of nitrogens with zero attached hydrogens (tertiary/aromatic N) is 2. The minimum absolute atomic E-state index is 0.158. The third-order valence-corrected chi connectivity index (χ3v) is 5.96. The van der Waals surface area contributed by atoms with Crippen LogP contribution in [0.4, 0.5) is 0 Å². The Balaban J connectivity index is 1.54. The SMILES string of the molecule is O=C(O)CC1SC(=NN=Cc2cc(Br)ccc2OCC(=O)NCCc2ccccc2)NC1=O. The molecule has 1 atom stereocenters. The van der Waals surface area contributed by atoms with Crippen LogP contribution in [0.15, 0.2) is 63.2 Å². The summed E-state index contributed by atoms with van der Waals surface area (Å²) in [5.74, 6) is -1.28. The van der Waals surface area contributed by atoms with Crippen molar-refractivity contribution >= 4 is 56.9 Å². The highest BCUT2D eigenvalue weighted by molar-refractivity contribution is 9.10. The first-order valence-electron chi connectivity index (χ1n) is 9.94. The number of nitrogens with one attached hydrogen (secondary N) is 2. The summed E-state index contributed by atoms with van der Waals surface area (Å²) in [6, 6.07) is 15.1. The van der Waals surface area contributed by atoms with Crippen LogP contribution in [0.25, 0.3) is 0 Å². The van der Waals surface area contributed by atoms with Gasteiger partial charge < -0.3 is 20.5 Å². The summed E-state index contributed by atoms with van der Waals surface area (Å²) in [5.41, 5.74) is 1.71. The van der Waals surface area contributed by atoms with Gasteiger partial charge in [-0.1, -0.05) is 58.0 Å². The number of ether oxygens (including phenoxy) is 1. The van der Waals surface area contributed by atoms with Gasteiger partial charge >= 0.3 is 5.97 Å². The summed E-state index contributed by atoms with van der Waals surface area (Å²) in [5, 5.41) is 21.5. The van der Waals surface area contributed by atoms with E-state index in [1.807, 2.05) is 30.3 Å². The summed E-state index contributed by atoms with van der Waals surface area (Å²) >= 11 is 4.39. The molecule has 1 fully saturated rings. The van der Waals surface area contributed by atoms with Crippen LogP contribution in [0.5, 0.6) is 5.75 Å². The molecule has 0 saturated carbocycles. The van der Waals surface area contributed by atoms with Crippen LogP contribution in [0.3, 0.4) is 0 Å². The normalized spacial score (nSPS) is 16.7. The summed E-state index contributed by atoms with van der Waals surface area (Å²) in [6.07, 6.45) is 1.86. The predicted molar refractivity (Wildman–Crippen MR) is 130 cm³/mol. The average Bonchev–Trinajstić information content (AvgIpc) is 3.12. The van der Waals surface area contributed by atoms with Crippen molar-refractivity contribution in [2.75, 3.05) is 13.2 Å². The first kappa shape index (κ1) is 24.5. The minimum atomic E-state index is -1.06. The van der Waals surface area contributed by atoms with Gasteiger partial charge in [0.25, 0.3) is 5.91 Å². The fraction of sp³-hybridized carbons (Fsp3) is 0.227. The van der Waals surface area contributed by atoms with E-state index in [0.717, 1.165) is 28.2 Å². The Morgan fingerprint density at radius 2 is 2.03 bits per heavy atom. The van der Waals surface area contributed by atoms with Gasteiger partial charge in [0, 0.05) is 16.6 Å². The predicted octanol–water partition coefficient (Wildman–Crippen LogP) is 2.58. The number of hydrogen-bond acceptors (Lipinski definition) is 7. The lowest BCUT2D eigenvalue weighted by Crippen LogP contribution is -2.30. The Morgan fingerprint density at radius 1 is 1.24 bits per heavy atom. The number of rotatable bonds is 10. The van der Waals surface area contributed by atoms with Crippen LogP contribution in [-0.4, -0.2) is 52.7 Å². The molecule has 172 valence electrons. The Morgan fingerprint density at radius 3 is 2.79 bits per heavy atom. The summed E-state index contributed by atoms with van der Waals surface area (Å²) in [4.78, 5) is 34.7. The van der Waals surface area contributed by atoms with E-state index in [9.17, 15) is 14.4 Å². The summed E-state index contributed by atoms with van der Waals surface area (Å²) in [6.45, 7) is 0.346. The molecule has 3 N–H and O–H groups in total. The van der Waals surface area contributed by atoms with Crippen LogP contribution in [0.1, 0.15) is 17.5 Å². The van der Waals surface area contributed by atoms with Gasteiger partial charge in [0.15, 0.2) is 11.8 Å². The van der Waals surface area contributed by atoms with Crippen LogP contribution >= 0.6 is 27.7 Å². The molecule has 0 radical (unpaired) electrons. The molecule has 9 nitrogen and oxygen atoms in total. The lowest BCUT2D eigenvalue weighted by atomic mass is 10.1. The van der Waals surface area contributed by atoms with E-state index in [1.165, 1.54) is 6.21 Å². The van der Waals surface area contributed by atoms with Crippen molar-refractivity contribution in [3.05, 3.63) is 64.1 Å². The molecular formula is C22H21BrN4O5S. The molecule has 1 aliphatic rings. The molecule has 0 spiro atoms. The Kier molecular flexibility index (Phi) is 9.02. The molecule has 1 unspecified atom stereocenters. The van der Waals surface area contributed by atoms with Gasteiger partial charge in [-0.25, -0.2) is 0 Å². The van der Waals surface area contributed by atoms with E-state index in [1.54, 1.807) is 18.2 Å². The van der Waals surface area contributed by atoms with Gasteiger partial charge in [-0.15, -0.1) is 5.10 Å². The highest BCUT2D eigenvalue weighted by Crippen LogP contribution is 2.23. The molecule has 0 aromatic heterocycles. The fourth-order valence-corrected chi connectivity index (χ4v) is 4.12. The first-order chi connectivity index (χ1) is 15.9. The highest BCUT2D eigenvalue weighted by atomic mass is 79.9. The number of benzene rings is 2. The lowest BCUT2D eigenvalue weighted by molar-refractivity contribution is -0.138. The average molecular weight is 533 g/mol. The number of carboxylic acids is 1. The van der Waals surface area contributed by atoms with Crippen LogP contribution in [-0.2, 0) is 20.8 Å². The number of hydrogen-bond donors (Lipinski definition) is 3. The largest absolute Gasteiger partial charge is 0.483 e. The minimum Gasteiger partial charge on any atom is -0.483 e. The number of thioether (sulfide) groups is 1. The maximum absolute atomic E-state index is 12.1. The van der Waals surface area contributed by atoms with E-state index < -0.39 is 17.1 Å². The second-order valence-electron chi connectivity index (χ2n) is 6.90. The van der Waals surface area contributed by atoms with Gasteiger partial charge in [-0.2, -0.15) is 5.10 Å². The number of aliphatic carboxylic acids is 1. The Labute approximate surface area is 202 Å². The first-order valence-corrected chi connectivity index (χ1v) is 11.6. The molecular weight excluding hydrogens is 512 g/mol. The number of amides is 2. The molecule has 1 heterocycles. The van der Waals surface area contributed by atoms with Crippen molar-refractivity contribution in [3.63, 3.8) is 0 Å². The molecule has 2 aromatic carbocycles. The third-order valence-electron chi connectivity index (χ3n) is 4.39. The molecule has 1 aliphatic heterocycles. The molecule has 33 heavy (non-hydrogen) atoms. The standard InChI is InChI=1S/C22H21BrN4O5S/c23-16-6-7-17(32-13-19(28)24-9-8-14-4-2-1-3-5-14)15(10-16)12-25-27-22-26-21(31)18(33-22)11-20(29)30/h1-7,10,12,18H,8-9,11,13H2,(H,24,28)(H,29,30)(H,26,27,31). The maximum atomic E-state index is 12.1. The summed E-state index contributed by atoms with van der Waals surface area (Å²) in [7, 11) is 0. The van der Waals surface area contributed by atoms with E-state index in [2.05, 4.69) is 36.8 Å². The van der Waals surface area contributed by atoms with Crippen molar-refractivity contribution in [2.45, 2.75) is 18.1 Å². The Bertz CT molecular complexity index is 1080. The second-order valence-corrected chi connectivity index (χ2v) is 9.01. The van der Waals surface area contributed by atoms with E-state index in [-0.39, 0.29) is 24.1 Å². The van der Waals surface area contributed by atoms with E-state index >= 15 is 0 Å². The number of halogens is 1. The zero-order valence-electron chi connectivity index (χ0n) is 17.4. The number of amidine groups is 1. The van der Waals surface area contributed by atoms with E-state index in [4.69, 9.17) is 9.84 Å². The molecule has 3 rings (SSSR count). The van der Waals surface area contributed by atoms with Crippen LogP contribution in [0, 0.1) is 0 Å². The van der Waals surface area contributed by atoms with Gasteiger partial charge in [-0.3, -0.25) is 14.4 Å². The molecule has 1 saturated heterocycles. The monoisotopic (exact) mass is 532 g/mol. The fourth-order valence-electron chi connectivity index (χ4n) is 2.83. The summed E-state index contributed by atoms with van der Waals surface area (Å²) < 4.78 is 6.42. The van der Waals surface area contributed by atoms with Crippen molar-refractivity contribution in [2.24, 2.45) is 10.2 Å². The number of carbonyl (C=O) groups is 3.